The molecule has 0 saturated heterocycles. The summed E-state index contributed by atoms with van der Waals surface area (Å²) in [6, 6.07) is 41.1. The van der Waals surface area contributed by atoms with E-state index in [-0.39, 0.29) is 41.4 Å². The molecule has 0 amide bonds. The number of allylic oxidation sites excluding steroid dienone is 4. The first-order chi connectivity index (χ1) is 31.7. The van der Waals surface area contributed by atoms with Gasteiger partial charge in [-0.05, 0) is 140 Å². The summed E-state index contributed by atoms with van der Waals surface area (Å²) in [4.78, 5) is 19.2. The van der Waals surface area contributed by atoms with Gasteiger partial charge in [-0.2, -0.15) is 0 Å². The number of rotatable bonds is 17. The molecular weight excluding hydrogens is 807 g/mol. The third-order valence-electron chi connectivity index (χ3n) is 14.3. The van der Waals surface area contributed by atoms with Gasteiger partial charge in [-0.15, -0.1) is 0 Å². The first-order valence-corrected chi connectivity index (χ1v) is 25.0. The molecule has 1 N–H and O–H groups in total. The highest BCUT2D eigenvalue weighted by Crippen LogP contribution is 2.43. The molecule has 0 spiro atoms. The summed E-state index contributed by atoms with van der Waals surface area (Å²) in [6.07, 6.45) is 17.7. The van der Waals surface area contributed by atoms with E-state index in [2.05, 4.69) is 224 Å². The molecule has 0 bridgehead atoms. The average molecular weight is 884 g/mol. The van der Waals surface area contributed by atoms with Crippen LogP contribution in [0.1, 0.15) is 135 Å². The number of nitrogens with one attached hydrogen (secondary N) is 1. The predicted molar refractivity (Wildman–Crippen MR) is 282 cm³/mol. The van der Waals surface area contributed by atoms with Crippen molar-refractivity contribution in [3.05, 3.63) is 167 Å². The van der Waals surface area contributed by atoms with Crippen LogP contribution in [0.5, 0.6) is 0 Å². The van der Waals surface area contributed by atoms with Crippen LogP contribution in [0.3, 0.4) is 0 Å². The number of esters is 1. The molecule has 348 valence electrons. The van der Waals surface area contributed by atoms with Gasteiger partial charge in [0.15, 0.2) is 0 Å². The standard InChI is InChI=1S/C61H77N3O2/c1-11-40-63(55-27-15-13-14-22-44(55)5)48-34-30-46(31-35-48)58(47-32-36-49(37-33-47)64(41-12-2)56-28-20-16-23-45(56)6)52-38-39-53(51-25-18-17-24-50(51)52)62-54-26-19-21-29-57(54)66-59(65)61(10,43(3)4)42-60(7,8)9/h13-18,20,22-25,27-28,30-39,43,54-55,57-58,62H,11-12,19,21,26,29,40-42H2,1-10H3. The van der Waals surface area contributed by atoms with Gasteiger partial charge < -0.3 is 19.9 Å². The van der Waals surface area contributed by atoms with Gasteiger partial charge in [0.1, 0.15) is 6.10 Å². The summed E-state index contributed by atoms with van der Waals surface area (Å²) < 4.78 is 6.59. The fraction of sp³-hybridized carbons (Fsp3) is 0.426. The number of carbonyl (C=O) groups excluding carboxylic acids is 1. The summed E-state index contributed by atoms with van der Waals surface area (Å²) >= 11 is 0. The lowest BCUT2D eigenvalue weighted by Gasteiger charge is -2.40. The van der Waals surface area contributed by atoms with Crippen molar-refractivity contribution in [3.63, 3.8) is 0 Å². The summed E-state index contributed by atoms with van der Waals surface area (Å²) in [7, 11) is 0. The maximum Gasteiger partial charge on any atom is 0.312 e. The molecule has 7 rings (SSSR count). The Morgan fingerprint density at radius 3 is 2.02 bits per heavy atom. The van der Waals surface area contributed by atoms with Gasteiger partial charge in [0, 0.05) is 47.1 Å². The quantitative estimate of drug-likeness (QED) is 0.0744. The van der Waals surface area contributed by atoms with Crippen LogP contribution in [0.15, 0.2) is 145 Å². The van der Waals surface area contributed by atoms with Crippen LogP contribution in [0.2, 0.25) is 0 Å². The SMILES string of the molecule is CCCN(c1ccc(C(c2ccc(N(CCC)C3C=CC=CC=C3C)cc2)c2ccc(NC3CCCCC3OC(=O)C(C)(CC(C)(C)C)C(C)C)c3ccccc23)cc1)c1ccccc1C. The molecule has 2 aliphatic rings. The number of ether oxygens (including phenoxy) is 1. The molecule has 5 aromatic carbocycles. The summed E-state index contributed by atoms with van der Waals surface area (Å²) in [5.41, 5.74) is 10.6. The Morgan fingerprint density at radius 1 is 0.727 bits per heavy atom. The van der Waals surface area contributed by atoms with E-state index in [9.17, 15) is 4.79 Å². The van der Waals surface area contributed by atoms with E-state index in [4.69, 9.17) is 4.74 Å². The second kappa shape index (κ2) is 21.4. The van der Waals surface area contributed by atoms with Crippen molar-refractivity contribution in [3.8, 4) is 0 Å². The van der Waals surface area contributed by atoms with E-state index in [0.29, 0.717) is 0 Å². The topological polar surface area (TPSA) is 44.8 Å². The van der Waals surface area contributed by atoms with Crippen LogP contribution in [-0.4, -0.2) is 37.2 Å². The van der Waals surface area contributed by atoms with Crippen molar-refractivity contribution in [2.45, 2.75) is 138 Å². The maximum atomic E-state index is 14.2. The van der Waals surface area contributed by atoms with Crippen molar-refractivity contribution < 1.29 is 9.53 Å². The summed E-state index contributed by atoms with van der Waals surface area (Å²) in [5.74, 6) is 0.0931. The predicted octanol–water partition coefficient (Wildman–Crippen LogP) is 15.9. The molecule has 5 heteroatoms. The molecule has 5 nitrogen and oxygen atoms in total. The number of nitrogens with zero attached hydrogens (tertiary/aromatic N) is 2. The molecule has 5 aromatic rings. The molecule has 0 aliphatic heterocycles. The number of carbonyl (C=O) groups is 1. The van der Waals surface area contributed by atoms with E-state index in [1.54, 1.807) is 0 Å². The first kappa shape index (κ1) is 48.4. The highest BCUT2D eigenvalue weighted by Gasteiger charge is 2.43. The average Bonchev–Trinajstić information content (AvgIpc) is 3.52. The van der Waals surface area contributed by atoms with Gasteiger partial charge in [-0.1, -0.05) is 158 Å². The lowest BCUT2D eigenvalue weighted by molar-refractivity contribution is -0.167. The molecule has 1 fully saturated rings. The zero-order valence-corrected chi connectivity index (χ0v) is 41.7. The number of benzene rings is 5. The number of anilines is 4. The molecule has 0 aromatic heterocycles. The maximum absolute atomic E-state index is 14.2. The fourth-order valence-corrected chi connectivity index (χ4v) is 10.6. The van der Waals surface area contributed by atoms with E-state index in [1.165, 1.54) is 55.7 Å². The fourth-order valence-electron chi connectivity index (χ4n) is 10.6. The van der Waals surface area contributed by atoms with Crippen molar-refractivity contribution in [2.75, 3.05) is 28.2 Å². The van der Waals surface area contributed by atoms with Gasteiger partial charge in [0.05, 0.1) is 17.5 Å². The highest BCUT2D eigenvalue weighted by molar-refractivity contribution is 5.97. The van der Waals surface area contributed by atoms with E-state index < -0.39 is 5.41 Å². The normalized spacial score (nSPS) is 18.9. The lowest BCUT2D eigenvalue weighted by atomic mass is 9.68. The minimum absolute atomic E-state index is 0.0115. The zero-order valence-electron chi connectivity index (χ0n) is 41.7. The Hall–Kier alpha value is -5.55. The molecule has 0 radical (unpaired) electrons. The highest BCUT2D eigenvalue weighted by atomic mass is 16.5. The molecule has 2 aliphatic carbocycles. The van der Waals surface area contributed by atoms with Gasteiger partial charge in [-0.25, -0.2) is 0 Å². The third kappa shape index (κ3) is 11.0. The minimum atomic E-state index is -0.553. The first-order valence-electron chi connectivity index (χ1n) is 25.0. The second-order valence-electron chi connectivity index (χ2n) is 20.9. The Labute approximate surface area is 398 Å². The molecule has 5 atom stereocenters. The van der Waals surface area contributed by atoms with Crippen LogP contribution in [0.4, 0.5) is 22.7 Å². The van der Waals surface area contributed by atoms with Crippen LogP contribution in [-0.2, 0) is 9.53 Å². The largest absolute Gasteiger partial charge is 0.460 e. The Balaban J connectivity index is 1.27. The number of para-hydroxylation sites is 1. The van der Waals surface area contributed by atoms with Crippen LogP contribution in [0, 0.1) is 23.7 Å². The summed E-state index contributed by atoms with van der Waals surface area (Å²) in [6.45, 7) is 24.0. The second-order valence-corrected chi connectivity index (χ2v) is 20.9. The Kier molecular flexibility index (Phi) is 15.7. The summed E-state index contributed by atoms with van der Waals surface area (Å²) in [5, 5.41) is 6.38. The van der Waals surface area contributed by atoms with Crippen LogP contribution in [0.25, 0.3) is 10.8 Å². The smallest absolute Gasteiger partial charge is 0.312 e. The van der Waals surface area contributed by atoms with Gasteiger partial charge in [0.2, 0.25) is 0 Å². The van der Waals surface area contributed by atoms with Crippen molar-refractivity contribution in [2.24, 2.45) is 16.7 Å². The molecule has 66 heavy (non-hydrogen) atoms. The van der Waals surface area contributed by atoms with E-state index in [0.717, 1.165) is 63.7 Å². The Morgan fingerprint density at radius 2 is 1.36 bits per heavy atom. The monoisotopic (exact) mass is 884 g/mol. The number of fused-ring (bicyclic) bond motifs is 1. The Bertz CT molecular complexity index is 2490. The molecule has 0 heterocycles. The lowest BCUT2D eigenvalue weighted by Crippen LogP contribution is -2.45. The zero-order chi connectivity index (χ0) is 47.0. The molecule has 5 unspecified atom stereocenters. The molecule has 1 saturated carbocycles. The van der Waals surface area contributed by atoms with Crippen LogP contribution < -0.4 is 15.1 Å². The number of hydrogen-bond donors (Lipinski definition) is 1. The number of hydrogen-bond acceptors (Lipinski definition) is 5. The van der Waals surface area contributed by atoms with Crippen molar-refractivity contribution in [1.29, 1.82) is 0 Å². The van der Waals surface area contributed by atoms with E-state index in [1.807, 2.05) is 0 Å². The third-order valence-corrected chi connectivity index (χ3v) is 14.3. The van der Waals surface area contributed by atoms with E-state index >= 15 is 0 Å². The van der Waals surface area contributed by atoms with Gasteiger partial charge in [0.25, 0.3) is 0 Å². The molecular formula is C61H77N3O2. The van der Waals surface area contributed by atoms with Gasteiger partial charge in [-0.3, -0.25) is 4.79 Å². The number of aryl methyl sites for hydroxylation is 1. The van der Waals surface area contributed by atoms with Crippen molar-refractivity contribution >= 4 is 39.5 Å². The van der Waals surface area contributed by atoms with Crippen LogP contribution >= 0.6 is 0 Å². The van der Waals surface area contributed by atoms with Crippen molar-refractivity contribution in [1.82, 2.24) is 0 Å². The minimum Gasteiger partial charge on any atom is -0.460 e. The van der Waals surface area contributed by atoms with Gasteiger partial charge >= 0.3 is 5.97 Å².